The van der Waals surface area contributed by atoms with Crippen LogP contribution in [0, 0.1) is 0 Å². The molecule has 1 aromatic carbocycles. The lowest BCUT2D eigenvalue weighted by molar-refractivity contribution is 0.200. The SMILES string of the molecule is CCn1cc(OC(=O)NC2CC2)c2cc(OC)c(OC)cc2c1=O. The lowest BCUT2D eigenvalue weighted by Crippen LogP contribution is -2.29. The zero-order chi connectivity index (χ0) is 17.3. The molecule has 0 atom stereocenters. The molecule has 2 aromatic rings. The van der Waals surface area contributed by atoms with Gasteiger partial charge in [-0.1, -0.05) is 0 Å². The van der Waals surface area contributed by atoms with E-state index in [0.29, 0.717) is 34.6 Å². The van der Waals surface area contributed by atoms with Crippen LogP contribution in [-0.2, 0) is 6.54 Å². The van der Waals surface area contributed by atoms with E-state index in [4.69, 9.17) is 14.2 Å². The number of amides is 1. The van der Waals surface area contributed by atoms with Crippen LogP contribution in [0.15, 0.2) is 23.1 Å². The topological polar surface area (TPSA) is 78.8 Å². The van der Waals surface area contributed by atoms with Crippen LogP contribution in [-0.4, -0.2) is 30.9 Å². The number of fused-ring (bicyclic) bond motifs is 1. The molecule has 3 rings (SSSR count). The van der Waals surface area contributed by atoms with Crippen molar-refractivity contribution in [1.82, 2.24) is 9.88 Å². The molecule has 1 saturated carbocycles. The van der Waals surface area contributed by atoms with Gasteiger partial charge in [0, 0.05) is 18.0 Å². The fraction of sp³-hybridized carbons (Fsp3) is 0.412. The molecule has 1 N–H and O–H groups in total. The summed E-state index contributed by atoms with van der Waals surface area (Å²) in [4.78, 5) is 24.6. The number of nitrogens with one attached hydrogen (secondary N) is 1. The first kappa shape index (κ1) is 16.2. The zero-order valence-electron chi connectivity index (χ0n) is 13.9. The Morgan fingerprint density at radius 2 is 1.79 bits per heavy atom. The van der Waals surface area contributed by atoms with E-state index >= 15 is 0 Å². The van der Waals surface area contributed by atoms with E-state index in [-0.39, 0.29) is 11.6 Å². The van der Waals surface area contributed by atoms with Gasteiger partial charge in [0.25, 0.3) is 5.56 Å². The largest absolute Gasteiger partial charge is 0.493 e. The Balaban J connectivity index is 2.12. The van der Waals surface area contributed by atoms with E-state index in [2.05, 4.69) is 5.32 Å². The van der Waals surface area contributed by atoms with Crippen molar-refractivity contribution in [3.63, 3.8) is 0 Å². The smallest absolute Gasteiger partial charge is 0.412 e. The molecule has 0 bridgehead atoms. The third kappa shape index (κ3) is 3.02. The van der Waals surface area contributed by atoms with E-state index in [1.54, 1.807) is 18.3 Å². The minimum atomic E-state index is -0.519. The number of benzene rings is 1. The van der Waals surface area contributed by atoms with Crippen molar-refractivity contribution in [2.75, 3.05) is 14.2 Å². The molecule has 1 aliphatic carbocycles. The van der Waals surface area contributed by atoms with Crippen LogP contribution < -0.4 is 25.1 Å². The highest BCUT2D eigenvalue weighted by atomic mass is 16.6. The highest BCUT2D eigenvalue weighted by molar-refractivity contribution is 5.92. The predicted octanol–water partition coefficient (Wildman–Crippen LogP) is 2.29. The summed E-state index contributed by atoms with van der Waals surface area (Å²) in [5, 5.41) is 3.68. The summed E-state index contributed by atoms with van der Waals surface area (Å²) in [6.45, 7) is 2.31. The lowest BCUT2D eigenvalue weighted by atomic mass is 10.1. The van der Waals surface area contributed by atoms with Crippen LogP contribution in [0.25, 0.3) is 10.8 Å². The monoisotopic (exact) mass is 332 g/mol. The normalized spacial score (nSPS) is 13.6. The van der Waals surface area contributed by atoms with Crippen LogP contribution in [0.4, 0.5) is 4.79 Å². The van der Waals surface area contributed by atoms with Crippen molar-refractivity contribution < 1.29 is 19.0 Å². The van der Waals surface area contributed by atoms with Crippen molar-refractivity contribution in [3.05, 3.63) is 28.7 Å². The second-order valence-corrected chi connectivity index (χ2v) is 5.65. The van der Waals surface area contributed by atoms with E-state index < -0.39 is 6.09 Å². The van der Waals surface area contributed by atoms with Gasteiger partial charge in [-0.15, -0.1) is 0 Å². The molecule has 0 spiro atoms. The number of methoxy groups -OCH3 is 2. The summed E-state index contributed by atoms with van der Waals surface area (Å²) in [5.41, 5.74) is -0.177. The molecule has 1 amide bonds. The minimum Gasteiger partial charge on any atom is -0.493 e. The number of pyridine rings is 1. The van der Waals surface area contributed by atoms with Gasteiger partial charge >= 0.3 is 6.09 Å². The summed E-state index contributed by atoms with van der Waals surface area (Å²) >= 11 is 0. The Bertz CT molecular complexity index is 839. The van der Waals surface area contributed by atoms with Gasteiger partial charge in [0.1, 0.15) is 0 Å². The van der Waals surface area contributed by atoms with E-state index in [1.807, 2.05) is 6.92 Å². The lowest BCUT2D eigenvalue weighted by Gasteiger charge is -2.14. The first-order valence-corrected chi connectivity index (χ1v) is 7.84. The van der Waals surface area contributed by atoms with Crippen LogP contribution >= 0.6 is 0 Å². The highest BCUT2D eigenvalue weighted by Gasteiger charge is 2.25. The van der Waals surface area contributed by atoms with Gasteiger partial charge in [0.2, 0.25) is 0 Å². The Morgan fingerprint density at radius 3 is 2.33 bits per heavy atom. The van der Waals surface area contributed by atoms with Gasteiger partial charge in [-0.25, -0.2) is 4.79 Å². The fourth-order valence-electron chi connectivity index (χ4n) is 2.52. The molecule has 1 heterocycles. The third-order valence-corrected chi connectivity index (χ3v) is 4.00. The molecular formula is C17H20N2O5. The maximum atomic E-state index is 12.6. The Kier molecular flexibility index (Phi) is 4.33. The van der Waals surface area contributed by atoms with E-state index in [9.17, 15) is 9.59 Å². The fourth-order valence-corrected chi connectivity index (χ4v) is 2.52. The minimum absolute atomic E-state index is 0.177. The summed E-state index contributed by atoms with van der Waals surface area (Å²) in [5.74, 6) is 1.22. The first-order chi connectivity index (χ1) is 11.6. The number of carbonyl (C=O) groups is 1. The molecular weight excluding hydrogens is 312 g/mol. The Morgan fingerprint density at radius 1 is 1.17 bits per heavy atom. The third-order valence-electron chi connectivity index (χ3n) is 4.00. The number of carbonyl (C=O) groups excluding carboxylic acids is 1. The van der Waals surface area contributed by atoms with Gasteiger partial charge in [-0.2, -0.15) is 0 Å². The molecule has 1 aliphatic rings. The highest BCUT2D eigenvalue weighted by Crippen LogP contribution is 2.35. The van der Waals surface area contributed by atoms with Crippen molar-refractivity contribution in [1.29, 1.82) is 0 Å². The van der Waals surface area contributed by atoms with E-state index in [1.165, 1.54) is 18.8 Å². The number of aryl methyl sites for hydroxylation is 1. The van der Waals surface area contributed by atoms with Crippen molar-refractivity contribution in [3.8, 4) is 17.2 Å². The average molecular weight is 332 g/mol. The number of aromatic nitrogens is 1. The van der Waals surface area contributed by atoms with Crippen molar-refractivity contribution in [2.24, 2.45) is 0 Å². The van der Waals surface area contributed by atoms with Crippen LogP contribution in [0.1, 0.15) is 19.8 Å². The second kappa shape index (κ2) is 6.43. The molecule has 7 nitrogen and oxygen atoms in total. The van der Waals surface area contributed by atoms with Gasteiger partial charge in [-0.3, -0.25) is 4.79 Å². The van der Waals surface area contributed by atoms with Gasteiger partial charge < -0.3 is 24.1 Å². The van der Waals surface area contributed by atoms with Crippen LogP contribution in [0.3, 0.4) is 0 Å². The molecule has 0 aliphatic heterocycles. The van der Waals surface area contributed by atoms with Gasteiger partial charge in [-0.05, 0) is 31.9 Å². The van der Waals surface area contributed by atoms with Crippen LogP contribution in [0.5, 0.6) is 17.2 Å². The first-order valence-electron chi connectivity index (χ1n) is 7.84. The number of hydrogen-bond acceptors (Lipinski definition) is 5. The molecule has 0 unspecified atom stereocenters. The number of ether oxygens (including phenoxy) is 3. The molecule has 1 fully saturated rings. The maximum Gasteiger partial charge on any atom is 0.412 e. The molecule has 7 heteroatoms. The van der Waals surface area contributed by atoms with E-state index in [0.717, 1.165) is 12.8 Å². The summed E-state index contributed by atoms with van der Waals surface area (Å²) < 4.78 is 17.5. The summed E-state index contributed by atoms with van der Waals surface area (Å²) in [7, 11) is 3.02. The second-order valence-electron chi connectivity index (χ2n) is 5.65. The molecule has 24 heavy (non-hydrogen) atoms. The van der Waals surface area contributed by atoms with Gasteiger partial charge in [0.05, 0.1) is 25.8 Å². The van der Waals surface area contributed by atoms with Crippen molar-refractivity contribution >= 4 is 16.9 Å². The summed E-state index contributed by atoms with van der Waals surface area (Å²) in [6.07, 6.45) is 2.96. The average Bonchev–Trinajstić information content (AvgIpc) is 3.39. The standard InChI is InChI=1S/C17H20N2O5/c1-4-19-9-15(24-17(21)18-10-5-6-10)11-7-13(22-2)14(23-3)8-12(11)16(19)20/h7-10H,4-6H2,1-3H3,(H,18,21). The molecule has 0 radical (unpaired) electrons. The van der Waals surface area contributed by atoms with Gasteiger partial charge in [0.15, 0.2) is 17.2 Å². The zero-order valence-corrected chi connectivity index (χ0v) is 13.9. The summed E-state index contributed by atoms with van der Waals surface area (Å²) in [6, 6.07) is 3.44. The number of rotatable bonds is 5. The maximum absolute atomic E-state index is 12.6. The number of nitrogens with zero attached hydrogens (tertiary/aromatic N) is 1. The van der Waals surface area contributed by atoms with Crippen molar-refractivity contribution in [2.45, 2.75) is 32.4 Å². The molecule has 1 aromatic heterocycles. The number of hydrogen-bond donors (Lipinski definition) is 1. The predicted molar refractivity (Wildman–Crippen MR) is 89.2 cm³/mol. The molecule has 0 saturated heterocycles. The quantitative estimate of drug-likeness (QED) is 0.909. The Labute approximate surface area is 139 Å². The molecule has 128 valence electrons. The Hall–Kier alpha value is -2.70. The van der Waals surface area contributed by atoms with Crippen LogP contribution in [0.2, 0.25) is 0 Å².